The minimum Gasteiger partial charge on any atom is -0.466 e. The number of nitrogens with one attached hydrogen (secondary N) is 1. The second kappa shape index (κ2) is 8.26. The predicted octanol–water partition coefficient (Wildman–Crippen LogP) is 1.49. The summed E-state index contributed by atoms with van der Waals surface area (Å²) in [5.74, 6) is -0.0666. The van der Waals surface area contributed by atoms with Gasteiger partial charge in [-0.2, -0.15) is 0 Å². The quantitative estimate of drug-likeness (QED) is 0.398. The van der Waals surface area contributed by atoms with Crippen molar-refractivity contribution in [2.45, 2.75) is 40.0 Å². The average Bonchev–Trinajstić information content (AvgIpc) is 2.12. The third-order valence-corrected chi connectivity index (χ3v) is 1.89. The normalized spacial score (nSPS) is 10.1. The maximum Gasteiger partial charge on any atom is 0.315 e. The molecule has 0 aliphatic rings. The first-order valence-corrected chi connectivity index (χ1v) is 5.48. The lowest BCUT2D eigenvalue weighted by atomic mass is 10.1. The van der Waals surface area contributed by atoms with Crippen LogP contribution >= 0.6 is 0 Å². The Bertz CT molecular complexity index is 202. The van der Waals surface area contributed by atoms with Crippen molar-refractivity contribution in [2.24, 2.45) is 5.92 Å². The van der Waals surface area contributed by atoms with Crippen LogP contribution in [0.15, 0.2) is 0 Å². The Labute approximate surface area is 91.4 Å². The van der Waals surface area contributed by atoms with Crippen molar-refractivity contribution in [3.63, 3.8) is 0 Å². The van der Waals surface area contributed by atoms with Gasteiger partial charge in [-0.25, -0.2) is 0 Å². The number of carbonyl (C=O) groups excluding carboxylic acids is 2. The summed E-state index contributed by atoms with van der Waals surface area (Å²) in [6.07, 6.45) is 1.86. The molecule has 0 atom stereocenters. The highest BCUT2D eigenvalue weighted by molar-refractivity contribution is 5.94. The van der Waals surface area contributed by atoms with Crippen LogP contribution in [-0.2, 0) is 14.3 Å². The zero-order valence-electron chi connectivity index (χ0n) is 9.84. The number of rotatable bonds is 7. The van der Waals surface area contributed by atoms with E-state index in [-0.39, 0.29) is 12.3 Å². The molecular formula is C11H21NO3. The minimum atomic E-state index is -0.459. The largest absolute Gasteiger partial charge is 0.466 e. The molecule has 0 aliphatic carbocycles. The van der Waals surface area contributed by atoms with Crippen LogP contribution in [0.1, 0.15) is 40.0 Å². The highest BCUT2D eigenvalue weighted by Crippen LogP contribution is 2.01. The van der Waals surface area contributed by atoms with Crippen LogP contribution in [0.3, 0.4) is 0 Å². The van der Waals surface area contributed by atoms with E-state index in [0.29, 0.717) is 19.1 Å². The topological polar surface area (TPSA) is 55.4 Å². The highest BCUT2D eigenvalue weighted by atomic mass is 16.5. The summed E-state index contributed by atoms with van der Waals surface area (Å²) in [4.78, 5) is 22.1. The van der Waals surface area contributed by atoms with Gasteiger partial charge in [0.2, 0.25) is 5.91 Å². The summed E-state index contributed by atoms with van der Waals surface area (Å²) in [7, 11) is 0. The van der Waals surface area contributed by atoms with Crippen molar-refractivity contribution in [3.8, 4) is 0 Å². The van der Waals surface area contributed by atoms with Crippen LogP contribution in [0, 0.1) is 5.92 Å². The van der Waals surface area contributed by atoms with Crippen molar-refractivity contribution in [3.05, 3.63) is 0 Å². The molecule has 0 unspecified atom stereocenters. The molecule has 0 fully saturated rings. The van der Waals surface area contributed by atoms with E-state index >= 15 is 0 Å². The van der Waals surface area contributed by atoms with E-state index in [4.69, 9.17) is 0 Å². The molecule has 0 spiro atoms. The Morgan fingerprint density at radius 2 is 2.00 bits per heavy atom. The summed E-state index contributed by atoms with van der Waals surface area (Å²) in [5.41, 5.74) is 0. The lowest BCUT2D eigenvalue weighted by molar-refractivity contribution is -0.145. The molecule has 0 aromatic rings. The minimum absolute atomic E-state index is 0.171. The molecule has 1 N–H and O–H groups in total. The molecule has 0 aromatic heterocycles. The van der Waals surface area contributed by atoms with Crippen molar-refractivity contribution in [2.75, 3.05) is 13.2 Å². The molecule has 0 radical (unpaired) electrons. The molecular weight excluding hydrogens is 194 g/mol. The van der Waals surface area contributed by atoms with Gasteiger partial charge in [0.25, 0.3) is 0 Å². The fourth-order valence-corrected chi connectivity index (χ4v) is 1.14. The molecule has 1 amide bonds. The van der Waals surface area contributed by atoms with E-state index in [1.54, 1.807) is 6.92 Å². The average molecular weight is 215 g/mol. The van der Waals surface area contributed by atoms with Gasteiger partial charge in [-0.3, -0.25) is 9.59 Å². The van der Waals surface area contributed by atoms with Gasteiger partial charge < -0.3 is 10.1 Å². The van der Waals surface area contributed by atoms with E-state index in [9.17, 15) is 9.59 Å². The van der Waals surface area contributed by atoms with E-state index in [1.807, 2.05) is 0 Å². The third-order valence-electron chi connectivity index (χ3n) is 1.89. The first kappa shape index (κ1) is 13.9. The van der Waals surface area contributed by atoms with Gasteiger partial charge in [0.1, 0.15) is 6.42 Å². The zero-order chi connectivity index (χ0) is 11.7. The second-order valence-electron chi connectivity index (χ2n) is 3.87. The van der Waals surface area contributed by atoms with Crippen molar-refractivity contribution >= 4 is 11.9 Å². The zero-order valence-corrected chi connectivity index (χ0v) is 9.84. The molecule has 0 saturated heterocycles. The van der Waals surface area contributed by atoms with E-state index in [1.165, 1.54) is 0 Å². The van der Waals surface area contributed by atoms with Crippen molar-refractivity contribution in [1.82, 2.24) is 5.32 Å². The fraction of sp³-hybridized carbons (Fsp3) is 0.818. The summed E-state index contributed by atoms with van der Waals surface area (Å²) in [5, 5.41) is 2.69. The third kappa shape index (κ3) is 9.25. The lowest BCUT2D eigenvalue weighted by Crippen LogP contribution is -2.27. The van der Waals surface area contributed by atoms with Crippen LogP contribution in [0.4, 0.5) is 0 Å². The van der Waals surface area contributed by atoms with E-state index in [0.717, 1.165) is 12.8 Å². The van der Waals surface area contributed by atoms with Gasteiger partial charge in [0.05, 0.1) is 6.61 Å². The highest BCUT2D eigenvalue weighted by Gasteiger charge is 2.08. The molecule has 0 aliphatic heterocycles. The molecule has 15 heavy (non-hydrogen) atoms. The molecule has 88 valence electrons. The van der Waals surface area contributed by atoms with Crippen LogP contribution in [-0.4, -0.2) is 25.0 Å². The first-order valence-electron chi connectivity index (χ1n) is 5.48. The molecule has 4 heteroatoms. The molecule has 0 saturated carbocycles. The van der Waals surface area contributed by atoms with Gasteiger partial charge in [0.15, 0.2) is 0 Å². The van der Waals surface area contributed by atoms with Crippen LogP contribution in [0.25, 0.3) is 0 Å². The van der Waals surface area contributed by atoms with Crippen LogP contribution < -0.4 is 5.32 Å². The number of hydrogen-bond donors (Lipinski definition) is 1. The Kier molecular flexibility index (Phi) is 7.68. The molecule has 0 aromatic carbocycles. The van der Waals surface area contributed by atoms with Gasteiger partial charge >= 0.3 is 5.97 Å². The Morgan fingerprint density at radius 1 is 1.33 bits per heavy atom. The maximum absolute atomic E-state index is 11.2. The number of ether oxygens (including phenoxy) is 1. The summed E-state index contributed by atoms with van der Waals surface area (Å²) in [6.45, 7) is 6.95. The van der Waals surface area contributed by atoms with Gasteiger partial charge in [-0.05, 0) is 25.7 Å². The van der Waals surface area contributed by atoms with E-state index < -0.39 is 5.97 Å². The second-order valence-corrected chi connectivity index (χ2v) is 3.87. The molecule has 4 nitrogen and oxygen atoms in total. The summed E-state index contributed by atoms with van der Waals surface area (Å²) in [6, 6.07) is 0. The van der Waals surface area contributed by atoms with Crippen molar-refractivity contribution in [1.29, 1.82) is 0 Å². The number of esters is 1. The number of amides is 1. The van der Waals surface area contributed by atoms with Gasteiger partial charge in [-0.15, -0.1) is 0 Å². The fourth-order valence-electron chi connectivity index (χ4n) is 1.14. The molecule has 0 rings (SSSR count). The monoisotopic (exact) mass is 215 g/mol. The van der Waals surface area contributed by atoms with Crippen molar-refractivity contribution < 1.29 is 14.3 Å². The van der Waals surface area contributed by atoms with E-state index in [2.05, 4.69) is 23.9 Å². The maximum atomic E-state index is 11.2. The lowest BCUT2D eigenvalue weighted by Gasteiger charge is -2.06. The first-order chi connectivity index (χ1) is 7.06. The summed E-state index contributed by atoms with van der Waals surface area (Å²) < 4.78 is 4.66. The van der Waals surface area contributed by atoms with Gasteiger partial charge in [0, 0.05) is 6.54 Å². The SMILES string of the molecule is CCOC(=O)CC(=O)NCCCC(C)C. The standard InChI is InChI=1S/C11H21NO3/c1-4-15-11(14)8-10(13)12-7-5-6-9(2)3/h9H,4-8H2,1-3H3,(H,12,13). The molecule has 0 bridgehead atoms. The number of carbonyl (C=O) groups is 2. The smallest absolute Gasteiger partial charge is 0.315 e. The van der Waals surface area contributed by atoms with Crippen LogP contribution in [0.2, 0.25) is 0 Å². The predicted molar refractivity (Wildman–Crippen MR) is 58.3 cm³/mol. The Morgan fingerprint density at radius 3 is 2.53 bits per heavy atom. The Balaban J connectivity index is 3.45. The van der Waals surface area contributed by atoms with Crippen LogP contribution in [0.5, 0.6) is 0 Å². The van der Waals surface area contributed by atoms with Gasteiger partial charge in [-0.1, -0.05) is 13.8 Å². The number of hydrogen-bond acceptors (Lipinski definition) is 3. The molecule has 0 heterocycles. The Hall–Kier alpha value is -1.06. The summed E-state index contributed by atoms with van der Waals surface area (Å²) >= 11 is 0.